The first-order valence-corrected chi connectivity index (χ1v) is 8.92. The summed E-state index contributed by atoms with van der Waals surface area (Å²) in [5.41, 5.74) is -0.197. The molecule has 0 aromatic rings. The molecule has 0 spiro atoms. The third-order valence-corrected chi connectivity index (χ3v) is 5.48. The monoisotopic (exact) mass is 290 g/mol. The quantitative estimate of drug-likeness (QED) is 0.815. The van der Waals surface area contributed by atoms with Crippen LogP contribution in [0.3, 0.4) is 0 Å². The van der Waals surface area contributed by atoms with Gasteiger partial charge in [0, 0.05) is 19.1 Å². The average Bonchev–Trinajstić information content (AvgIpc) is 2.64. The van der Waals surface area contributed by atoms with E-state index in [2.05, 4.69) is 19.2 Å². The molecule has 1 heterocycles. The molecule has 0 aromatic heterocycles. The number of rotatable bonds is 6. The minimum absolute atomic E-state index is 0.197. The molecule has 0 bridgehead atoms. The molecule has 1 N–H and O–H groups in total. The van der Waals surface area contributed by atoms with Crippen molar-refractivity contribution >= 4 is 10.0 Å². The van der Waals surface area contributed by atoms with Crippen molar-refractivity contribution in [2.75, 3.05) is 25.4 Å². The number of sulfonamides is 1. The Morgan fingerprint density at radius 3 is 2.37 bits per heavy atom. The predicted octanol–water partition coefficient (Wildman–Crippen LogP) is 2.07. The zero-order chi connectivity index (χ0) is 14.7. The van der Waals surface area contributed by atoms with Gasteiger partial charge in [0.2, 0.25) is 10.0 Å². The molecular weight excluding hydrogens is 260 g/mol. The Morgan fingerprint density at radius 2 is 1.95 bits per heavy atom. The second kappa shape index (κ2) is 6.55. The number of hydrogen-bond donors (Lipinski definition) is 1. The molecule has 4 nitrogen and oxygen atoms in total. The maximum atomic E-state index is 12.6. The summed E-state index contributed by atoms with van der Waals surface area (Å²) in [4.78, 5) is 0. The minimum atomic E-state index is -3.17. The zero-order valence-electron chi connectivity index (χ0n) is 13.1. The summed E-state index contributed by atoms with van der Waals surface area (Å²) in [6, 6.07) is 0.327. The third-order valence-electron chi connectivity index (χ3n) is 3.16. The molecular formula is C14H30N2O2S. The fourth-order valence-corrected chi connectivity index (χ4v) is 4.72. The molecule has 1 fully saturated rings. The van der Waals surface area contributed by atoms with E-state index in [1.807, 2.05) is 20.8 Å². The van der Waals surface area contributed by atoms with E-state index >= 15 is 0 Å². The molecule has 5 heteroatoms. The van der Waals surface area contributed by atoms with Gasteiger partial charge in [0.1, 0.15) is 0 Å². The topological polar surface area (TPSA) is 49.4 Å². The van der Waals surface area contributed by atoms with Crippen LogP contribution >= 0.6 is 0 Å². The summed E-state index contributed by atoms with van der Waals surface area (Å²) in [6.45, 7) is 12.3. The van der Waals surface area contributed by atoms with Crippen molar-refractivity contribution in [1.29, 1.82) is 0 Å². The molecule has 1 unspecified atom stereocenters. The molecule has 0 aromatic carbocycles. The van der Waals surface area contributed by atoms with Crippen LogP contribution in [0.1, 0.15) is 47.5 Å². The maximum Gasteiger partial charge on any atom is 0.214 e. The van der Waals surface area contributed by atoms with Gasteiger partial charge in [-0.1, -0.05) is 34.6 Å². The van der Waals surface area contributed by atoms with Gasteiger partial charge in [-0.3, -0.25) is 0 Å². The standard InChI is InChI=1S/C14H30N2O2S/c1-12(2)9-16(10-13-7-6-8-15-13)19(17,18)11-14(3,4)5/h12-13,15H,6-11H2,1-5H3. The van der Waals surface area contributed by atoms with Gasteiger partial charge in [0.25, 0.3) is 0 Å². The molecule has 0 aliphatic carbocycles. The number of nitrogens with one attached hydrogen (secondary N) is 1. The Morgan fingerprint density at radius 1 is 1.32 bits per heavy atom. The first-order chi connectivity index (χ1) is 8.60. The summed E-state index contributed by atoms with van der Waals surface area (Å²) in [5, 5.41) is 3.39. The van der Waals surface area contributed by atoms with Crippen LogP contribution in [0.15, 0.2) is 0 Å². The molecule has 114 valence electrons. The zero-order valence-corrected chi connectivity index (χ0v) is 13.9. The molecule has 0 radical (unpaired) electrons. The van der Waals surface area contributed by atoms with E-state index in [-0.39, 0.29) is 11.2 Å². The molecule has 1 aliphatic rings. The largest absolute Gasteiger partial charge is 0.313 e. The van der Waals surface area contributed by atoms with Gasteiger partial charge in [-0.25, -0.2) is 12.7 Å². The molecule has 19 heavy (non-hydrogen) atoms. The lowest BCUT2D eigenvalue weighted by Crippen LogP contribution is -2.45. The van der Waals surface area contributed by atoms with Gasteiger partial charge < -0.3 is 5.32 Å². The second-order valence-electron chi connectivity index (χ2n) is 7.32. The summed E-state index contributed by atoms with van der Waals surface area (Å²) >= 11 is 0. The van der Waals surface area contributed by atoms with Crippen molar-refractivity contribution < 1.29 is 8.42 Å². The van der Waals surface area contributed by atoms with E-state index in [9.17, 15) is 8.42 Å². The van der Waals surface area contributed by atoms with Crippen LogP contribution in [0.5, 0.6) is 0 Å². The van der Waals surface area contributed by atoms with Gasteiger partial charge in [-0.05, 0) is 30.7 Å². The molecule has 1 atom stereocenters. The number of hydrogen-bond acceptors (Lipinski definition) is 3. The van der Waals surface area contributed by atoms with E-state index in [1.54, 1.807) is 4.31 Å². The predicted molar refractivity (Wildman–Crippen MR) is 80.7 cm³/mol. The van der Waals surface area contributed by atoms with E-state index < -0.39 is 10.0 Å². The Bertz CT molecular complexity index is 365. The van der Waals surface area contributed by atoms with E-state index in [0.717, 1.165) is 19.4 Å². The highest BCUT2D eigenvalue weighted by atomic mass is 32.2. The van der Waals surface area contributed by atoms with Crippen LogP contribution < -0.4 is 5.32 Å². The van der Waals surface area contributed by atoms with Crippen LogP contribution in [0.25, 0.3) is 0 Å². The summed E-state index contributed by atoms with van der Waals surface area (Å²) < 4.78 is 26.8. The van der Waals surface area contributed by atoms with Crippen molar-refractivity contribution in [1.82, 2.24) is 9.62 Å². The summed E-state index contributed by atoms with van der Waals surface area (Å²) in [5.74, 6) is 0.579. The lowest BCUT2D eigenvalue weighted by Gasteiger charge is -2.29. The fourth-order valence-electron chi connectivity index (χ4n) is 2.51. The Kier molecular flexibility index (Phi) is 5.83. The first-order valence-electron chi connectivity index (χ1n) is 7.31. The molecule has 1 aliphatic heterocycles. The van der Waals surface area contributed by atoms with Gasteiger partial charge >= 0.3 is 0 Å². The van der Waals surface area contributed by atoms with Crippen molar-refractivity contribution in [2.45, 2.75) is 53.5 Å². The lowest BCUT2D eigenvalue weighted by atomic mass is 10.0. The molecule has 1 rings (SSSR count). The van der Waals surface area contributed by atoms with Crippen LogP contribution in [-0.2, 0) is 10.0 Å². The molecule has 1 saturated heterocycles. The Balaban J connectivity index is 2.76. The minimum Gasteiger partial charge on any atom is -0.313 e. The Hall–Kier alpha value is -0.130. The van der Waals surface area contributed by atoms with E-state index in [4.69, 9.17) is 0 Å². The smallest absolute Gasteiger partial charge is 0.214 e. The highest BCUT2D eigenvalue weighted by molar-refractivity contribution is 7.89. The first kappa shape index (κ1) is 16.9. The normalized spacial score (nSPS) is 21.5. The SMILES string of the molecule is CC(C)CN(CC1CCCN1)S(=O)(=O)CC(C)(C)C. The summed E-state index contributed by atoms with van der Waals surface area (Å²) in [7, 11) is -3.17. The number of nitrogens with zero attached hydrogens (tertiary/aromatic N) is 1. The van der Waals surface area contributed by atoms with Gasteiger partial charge in [0.15, 0.2) is 0 Å². The maximum absolute atomic E-state index is 12.6. The van der Waals surface area contributed by atoms with E-state index in [1.165, 1.54) is 0 Å². The van der Waals surface area contributed by atoms with Crippen LogP contribution in [0.4, 0.5) is 0 Å². The second-order valence-corrected chi connectivity index (χ2v) is 9.29. The molecule has 0 amide bonds. The Labute approximate surface area is 119 Å². The highest BCUT2D eigenvalue weighted by Gasteiger charge is 2.30. The van der Waals surface area contributed by atoms with Crippen molar-refractivity contribution in [3.8, 4) is 0 Å². The van der Waals surface area contributed by atoms with Gasteiger partial charge in [-0.15, -0.1) is 0 Å². The third kappa shape index (κ3) is 6.23. The summed E-state index contributed by atoms with van der Waals surface area (Å²) in [6.07, 6.45) is 2.24. The van der Waals surface area contributed by atoms with Crippen LogP contribution in [0.2, 0.25) is 0 Å². The van der Waals surface area contributed by atoms with Crippen molar-refractivity contribution in [2.24, 2.45) is 11.3 Å². The van der Waals surface area contributed by atoms with Crippen molar-refractivity contribution in [3.05, 3.63) is 0 Å². The van der Waals surface area contributed by atoms with Gasteiger partial charge in [-0.2, -0.15) is 0 Å². The fraction of sp³-hybridized carbons (Fsp3) is 1.00. The van der Waals surface area contributed by atoms with Crippen LogP contribution in [-0.4, -0.2) is 44.2 Å². The van der Waals surface area contributed by atoms with E-state index in [0.29, 0.717) is 25.0 Å². The van der Waals surface area contributed by atoms with Crippen LogP contribution in [0, 0.1) is 11.3 Å². The van der Waals surface area contributed by atoms with Crippen molar-refractivity contribution in [3.63, 3.8) is 0 Å². The molecule has 0 saturated carbocycles. The highest BCUT2D eigenvalue weighted by Crippen LogP contribution is 2.20. The van der Waals surface area contributed by atoms with Gasteiger partial charge in [0.05, 0.1) is 5.75 Å². The lowest BCUT2D eigenvalue weighted by molar-refractivity contribution is 0.328. The average molecular weight is 290 g/mol.